The lowest BCUT2D eigenvalue weighted by molar-refractivity contribution is -0.128. The van der Waals surface area contributed by atoms with Crippen LogP contribution in [-0.2, 0) is 4.79 Å². The van der Waals surface area contributed by atoms with Crippen molar-refractivity contribution in [2.75, 3.05) is 0 Å². The van der Waals surface area contributed by atoms with Gasteiger partial charge < -0.3 is 4.74 Å². The van der Waals surface area contributed by atoms with Crippen molar-refractivity contribution in [1.82, 2.24) is 4.98 Å². The number of carbonyl (C=O) groups excluding carboxylic acids is 1. The van der Waals surface area contributed by atoms with E-state index in [0.717, 1.165) is 5.69 Å². The number of fused-ring (bicyclic) bond motifs is 1. The third kappa shape index (κ3) is 3.98. The Balaban J connectivity index is 1.90. The summed E-state index contributed by atoms with van der Waals surface area (Å²) >= 11 is 12.3. The third-order valence-corrected chi connectivity index (χ3v) is 4.06. The van der Waals surface area contributed by atoms with Gasteiger partial charge in [-0.1, -0.05) is 35.3 Å². The lowest BCUT2D eigenvalue weighted by atomic mass is 10.2. The Bertz CT molecular complexity index is 985. The molecule has 0 amide bonds. The zero-order valence-corrected chi connectivity index (χ0v) is 14.6. The number of aromatic nitrogens is 1. The second-order valence-electron chi connectivity index (χ2n) is 5.32. The van der Waals surface area contributed by atoms with Gasteiger partial charge in [0.05, 0.1) is 10.0 Å². The van der Waals surface area contributed by atoms with Crippen LogP contribution in [0.3, 0.4) is 0 Å². The summed E-state index contributed by atoms with van der Waals surface area (Å²) in [4.78, 5) is 16.5. The molecule has 0 saturated heterocycles. The van der Waals surface area contributed by atoms with E-state index in [1.807, 2.05) is 13.0 Å². The molecular weight excluding hydrogens is 364 g/mol. The Hall–Kier alpha value is -2.43. The number of hydrogen-bond acceptors (Lipinski definition) is 3. The molecule has 0 aliphatic rings. The summed E-state index contributed by atoms with van der Waals surface area (Å²) in [6, 6.07) is 10.8. The number of ether oxygens (including phenoxy) is 1. The molecule has 6 heteroatoms. The minimum absolute atomic E-state index is 0.151. The second-order valence-corrected chi connectivity index (χ2v) is 6.14. The molecule has 3 nitrogen and oxygen atoms in total. The third-order valence-electron chi connectivity index (χ3n) is 3.46. The Morgan fingerprint density at radius 1 is 1.12 bits per heavy atom. The minimum atomic E-state index is -0.627. The van der Waals surface area contributed by atoms with Crippen LogP contribution in [0.25, 0.3) is 17.0 Å². The van der Waals surface area contributed by atoms with Gasteiger partial charge in [0.15, 0.2) is 5.75 Å². The number of nitrogens with zero attached hydrogens (tertiary/aromatic N) is 1. The topological polar surface area (TPSA) is 39.2 Å². The molecule has 0 spiro atoms. The van der Waals surface area contributed by atoms with Crippen molar-refractivity contribution in [1.29, 1.82) is 0 Å². The molecule has 0 unspecified atom stereocenters. The van der Waals surface area contributed by atoms with Crippen molar-refractivity contribution in [3.63, 3.8) is 0 Å². The van der Waals surface area contributed by atoms with Gasteiger partial charge in [-0.05, 0) is 48.9 Å². The summed E-state index contributed by atoms with van der Waals surface area (Å²) in [5.41, 5.74) is 1.82. The van der Waals surface area contributed by atoms with Crippen LogP contribution in [0, 0.1) is 12.7 Å². The quantitative estimate of drug-likeness (QED) is 0.339. The van der Waals surface area contributed by atoms with Crippen LogP contribution in [0.1, 0.15) is 11.3 Å². The van der Waals surface area contributed by atoms with E-state index in [9.17, 15) is 9.18 Å². The highest BCUT2D eigenvalue weighted by molar-refractivity contribution is 6.39. The van der Waals surface area contributed by atoms with Gasteiger partial charge in [0.25, 0.3) is 0 Å². The molecule has 25 heavy (non-hydrogen) atoms. The molecule has 0 radical (unpaired) electrons. The zero-order valence-electron chi connectivity index (χ0n) is 13.1. The van der Waals surface area contributed by atoms with Crippen molar-refractivity contribution in [3.05, 3.63) is 75.7 Å². The SMILES string of the molecule is Cc1ccc2c(Cl)cc(Cl)c(OC(=O)C=Cc3ccc(F)cc3)c2n1. The van der Waals surface area contributed by atoms with Crippen molar-refractivity contribution < 1.29 is 13.9 Å². The van der Waals surface area contributed by atoms with E-state index in [0.29, 0.717) is 21.5 Å². The summed E-state index contributed by atoms with van der Waals surface area (Å²) in [5, 5.41) is 1.26. The molecule has 2 aromatic carbocycles. The summed E-state index contributed by atoms with van der Waals surface area (Å²) in [6.07, 6.45) is 2.76. The summed E-state index contributed by atoms with van der Waals surface area (Å²) in [6.45, 7) is 1.81. The van der Waals surface area contributed by atoms with E-state index in [1.54, 1.807) is 18.2 Å². The molecule has 3 rings (SSSR count). The number of halogens is 3. The van der Waals surface area contributed by atoms with Gasteiger partial charge in [-0.3, -0.25) is 0 Å². The summed E-state index contributed by atoms with van der Waals surface area (Å²) < 4.78 is 18.2. The number of esters is 1. The van der Waals surface area contributed by atoms with Crippen LogP contribution in [0.5, 0.6) is 5.75 Å². The molecule has 0 atom stereocenters. The van der Waals surface area contributed by atoms with Gasteiger partial charge in [0.1, 0.15) is 11.3 Å². The largest absolute Gasteiger partial charge is 0.419 e. The van der Waals surface area contributed by atoms with E-state index in [1.165, 1.54) is 30.4 Å². The van der Waals surface area contributed by atoms with E-state index in [4.69, 9.17) is 27.9 Å². The fourth-order valence-corrected chi connectivity index (χ4v) is 2.81. The first kappa shape index (κ1) is 17.4. The first-order chi connectivity index (χ1) is 11.9. The van der Waals surface area contributed by atoms with E-state index >= 15 is 0 Å². The average Bonchev–Trinajstić information content (AvgIpc) is 2.58. The highest BCUT2D eigenvalue weighted by Gasteiger charge is 2.15. The van der Waals surface area contributed by atoms with Crippen molar-refractivity contribution in [2.45, 2.75) is 6.92 Å². The lowest BCUT2D eigenvalue weighted by Gasteiger charge is -2.10. The zero-order chi connectivity index (χ0) is 18.0. The summed E-state index contributed by atoms with van der Waals surface area (Å²) in [7, 11) is 0. The number of pyridine rings is 1. The summed E-state index contributed by atoms with van der Waals surface area (Å²) in [5.74, 6) is -0.822. The Kier molecular flexibility index (Phi) is 5.02. The second kappa shape index (κ2) is 7.21. The highest BCUT2D eigenvalue weighted by atomic mass is 35.5. The van der Waals surface area contributed by atoms with Gasteiger partial charge in [-0.2, -0.15) is 0 Å². The van der Waals surface area contributed by atoms with Crippen LogP contribution in [0.2, 0.25) is 10.0 Å². The molecule has 0 N–H and O–H groups in total. The highest BCUT2D eigenvalue weighted by Crippen LogP contribution is 2.37. The molecule has 3 aromatic rings. The van der Waals surface area contributed by atoms with Gasteiger partial charge >= 0.3 is 5.97 Å². The fraction of sp³-hybridized carbons (Fsp3) is 0.0526. The molecule has 0 bridgehead atoms. The Labute approximate surface area is 153 Å². The standard InChI is InChI=1S/C19H12Cl2FNO2/c1-11-2-8-14-15(20)10-16(21)19(18(14)23-11)25-17(24)9-5-12-3-6-13(22)7-4-12/h2-10H,1H3. The first-order valence-corrected chi connectivity index (χ1v) is 8.10. The van der Waals surface area contributed by atoms with Crippen LogP contribution >= 0.6 is 23.2 Å². The van der Waals surface area contributed by atoms with Crippen molar-refractivity contribution in [2.24, 2.45) is 0 Å². The molecule has 0 saturated carbocycles. The van der Waals surface area contributed by atoms with Crippen LogP contribution in [0.4, 0.5) is 4.39 Å². The number of hydrogen-bond donors (Lipinski definition) is 0. The molecule has 1 aromatic heterocycles. The van der Waals surface area contributed by atoms with Crippen LogP contribution < -0.4 is 4.74 Å². The maximum Gasteiger partial charge on any atom is 0.336 e. The normalized spacial score (nSPS) is 11.2. The number of carbonyl (C=O) groups is 1. The maximum absolute atomic E-state index is 12.9. The minimum Gasteiger partial charge on any atom is -0.419 e. The Morgan fingerprint density at radius 3 is 2.56 bits per heavy atom. The first-order valence-electron chi connectivity index (χ1n) is 7.35. The van der Waals surface area contributed by atoms with Gasteiger partial charge in [-0.15, -0.1) is 0 Å². The fourth-order valence-electron chi connectivity index (χ4n) is 2.26. The number of aryl methyl sites for hydroxylation is 1. The van der Waals surface area contributed by atoms with Crippen molar-refractivity contribution >= 4 is 46.2 Å². The van der Waals surface area contributed by atoms with E-state index in [2.05, 4.69) is 4.98 Å². The molecule has 0 aliphatic heterocycles. The molecular formula is C19H12Cl2FNO2. The van der Waals surface area contributed by atoms with Crippen molar-refractivity contribution in [3.8, 4) is 5.75 Å². The molecule has 1 heterocycles. The van der Waals surface area contributed by atoms with Crippen LogP contribution in [0.15, 0.2) is 48.5 Å². The smallest absolute Gasteiger partial charge is 0.336 e. The number of benzene rings is 2. The predicted molar refractivity (Wildman–Crippen MR) is 97.6 cm³/mol. The van der Waals surface area contributed by atoms with Crippen LogP contribution in [-0.4, -0.2) is 11.0 Å². The van der Waals surface area contributed by atoms with E-state index < -0.39 is 5.97 Å². The average molecular weight is 376 g/mol. The molecule has 0 fully saturated rings. The van der Waals surface area contributed by atoms with E-state index in [-0.39, 0.29) is 16.6 Å². The molecule has 126 valence electrons. The lowest BCUT2D eigenvalue weighted by Crippen LogP contribution is -2.05. The van der Waals surface area contributed by atoms with Gasteiger partial charge in [0.2, 0.25) is 0 Å². The monoisotopic (exact) mass is 375 g/mol. The van der Waals surface area contributed by atoms with Gasteiger partial charge in [0, 0.05) is 17.2 Å². The number of rotatable bonds is 3. The maximum atomic E-state index is 12.9. The molecule has 0 aliphatic carbocycles. The van der Waals surface area contributed by atoms with Gasteiger partial charge in [-0.25, -0.2) is 14.2 Å². The predicted octanol–water partition coefficient (Wildman–Crippen LogP) is 5.61. The Morgan fingerprint density at radius 2 is 1.84 bits per heavy atom.